The lowest BCUT2D eigenvalue weighted by molar-refractivity contribution is 0.186. The Labute approximate surface area is 62.5 Å². The van der Waals surface area contributed by atoms with Gasteiger partial charge in [-0.2, -0.15) is 13.1 Å². The van der Waals surface area contributed by atoms with Crippen molar-refractivity contribution in [3.8, 4) is 0 Å². The fourth-order valence-electron chi connectivity index (χ4n) is 0.252. The van der Waals surface area contributed by atoms with Crippen LogP contribution in [0.25, 0.3) is 0 Å². The first-order valence-corrected chi connectivity index (χ1v) is 3.66. The molecule has 1 aromatic heterocycles. The van der Waals surface area contributed by atoms with Crippen molar-refractivity contribution in [1.82, 2.24) is 9.71 Å². The molecule has 0 amide bonds. The Morgan fingerprint density at radius 3 is 1.91 bits per heavy atom. The highest BCUT2D eigenvalue weighted by Crippen LogP contribution is 1.72. The minimum absolute atomic E-state index is 0.889. The van der Waals surface area contributed by atoms with E-state index in [2.05, 4.69) is 4.98 Å². The predicted octanol–water partition coefficient (Wildman–Crippen LogP) is -0.532. The Bertz CT molecular complexity index is 269. The molecular formula is C3H6N2O5S. The molecule has 1 aromatic rings. The number of aromatic nitrogens is 2. The quantitative estimate of drug-likeness (QED) is 0.367. The van der Waals surface area contributed by atoms with Crippen molar-refractivity contribution in [2.24, 2.45) is 0 Å². The van der Waals surface area contributed by atoms with Crippen LogP contribution in [-0.2, 0) is 10.4 Å². The number of imidazole rings is 1. The largest absolute Gasteiger partial charge is 0.427 e. The molecule has 0 atom stereocenters. The first-order valence-electron chi connectivity index (χ1n) is 2.26. The van der Waals surface area contributed by atoms with Crippen molar-refractivity contribution in [3.63, 3.8) is 0 Å². The van der Waals surface area contributed by atoms with Crippen LogP contribution in [0.3, 0.4) is 0 Å². The second-order valence-corrected chi connectivity index (χ2v) is 2.29. The van der Waals surface area contributed by atoms with Crippen LogP contribution in [0, 0.1) is 0 Å². The van der Waals surface area contributed by atoms with Crippen LogP contribution in [0.4, 0.5) is 0 Å². The molecule has 11 heavy (non-hydrogen) atoms. The smallest absolute Gasteiger partial charge is 0.394 e. The number of rotatable bonds is 0. The SMILES string of the molecule is O=S(=O)(O)O.On1ccnc1. The van der Waals surface area contributed by atoms with Crippen LogP contribution in [0.15, 0.2) is 18.7 Å². The average Bonchev–Trinajstić information content (AvgIpc) is 2.12. The van der Waals surface area contributed by atoms with Crippen LogP contribution in [0.1, 0.15) is 0 Å². The van der Waals surface area contributed by atoms with Gasteiger partial charge < -0.3 is 5.21 Å². The van der Waals surface area contributed by atoms with Crippen molar-refractivity contribution in [2.75, 3.05) is 0 Å². The van der Waals surface area contributed by atoms with E-state index < -0.39 is 10.4 Å². The van der Waals surface area contributed by atoms with Crippen LogP contribution >= 0.6 is 0 Å². The van der Waals surface area contributed by atoms with Gasteiger partial charge in [0.05, 0.1) is 6.20 Å². The third-order valence-corrected chi connectivity index (χ3v) is 0.490. The zero-order valence-electron chi connectivity index (χ0n) is 5.19. The molecule has 0 aromatic carbocycles. The van der Waals surface area contributed by atoms with E-state index in [1.165, 1.54) is 18.7 Å². The predicted molar refractivity (Wildman–Crippen MR) is 33.6 cm³/mol. The normalized spacial score (nSPS) is 10.0. The average molecular weight is 182 g/mol. The summed E-state index contributed by atoms with van der Waals surface area (Å²) in [7, 11) is -4.67. The molecule has 0 unspecified atom stereocenters. The number of hydrogen-bond acceptors (Lipinski definition) is 4. The maximum absolute atomic E-state index is 8.74. The van der Waals surface area contributed by atoms with Crippen molar-refractivity contribution >= 4 is 10.4 Å². The van der Waals surface area contributed by atoms with Gasteiger partial charge in [0, 0.05) is 6.20 Å². The summed E-state index contributed by atoms with van der Waals surface area (Å²) in [6, 6.07) is 0. The molecule has 0 aliphatic carbocycles. The molecule has 7 nitrogen and oxygen atoms in total. The Kier molecular flexibility index (Phi) is 3.51. The Morgan fingerprint density at radius 1 is 1.36 bits per heavy atom. The summed E-state index contributed by atoms with van der Waals surface area (Å²) in [5.41, 5.74) is 0. The standard InChI is InChI=1S/C3H4N2O.H2O4S/c6-5-2-1-4-3-5;1-5(2,3)4/h1-3,6H;(H2,1,2,3,4). The van der Waals surface area contributed by atoms with Gasteiger partial charge in [-0.1, -0.05) is 0 Å². The first kappa shape index (κ1) is 9.88. The van der Waals surface area contributed by atoms with Gasteiger partial charge >= 0.3 is 10.4 Å². The van der Waals surface area contributed by atoms with Gasteiger partial charge in [-0.15, -0.1) is 0 Å². The molecule has 1 rings (SSSR count). The highest BCUT2D eigenvalue weighted by Gasteiger charge is 1.84. The van der Waals surface area contributed by atoms with Crippen molar-refractivity contribution < 1.29 is 22.7 Å². The van der Waals surface area contributed by atoms with Gasteiger partial charge in [0.25, 0.3) is 0 Å². The second-order valence-electron chi connectivity index (χ2n) is 1.39. The first-order chi connectivity index (χ1) is 4.89. The lowest BCUT2D eigenvalue weighted by Crippen LogP contribution is -1.89. The number of nitrogens with zero attached hydrogens (tertiary/aromatic N) is 2. The van der Waals surface area contributed by atoms with E-state index in [1.807, 2.05) is 0 Å². The zero-order chi connectivity index (χ0) is 8.91. The van der Waals surface area contributed by atoms with Crippen molar-refractivity contribution in [2.45, 2.75) is 0 Å². The minimum Gasteiger partial charge on any atom is -0.427 e. The molecule has 64 valence electrons. The maximum Gasteiger partial charge on any atom is 0.394 e. The van der Waals surface area contributed by atoms with Gasteiger partial charge in [0.1, 0.15) is 6.33 Å². The highest BCUT2D eigenvalue weighted by molar-refractivity contribution is 7.79. The molecule has 1 heterocycles. The summed E-state index contributed by atoms with van der Waals surface area (Å²) < 4.78 is 32.5. The topological polar surface area (TPSA) is 113 Å². The molecular weight excluding hydrogens is 176 g/mol. The van der Waals surface area contributed by atoms with E-state index >= 15 is 0 Å². The van der Waals surface area contributed by atoms with Gasteiger partial charge in [-0.3, -0.25) is 9.11 Å². The summed E-state index contributed by atoms with van der Waals surface area (Å²) in [5, 5.41) is 8.33. The third-order valence-electron chi connectivity index (χ3n) is 0.490. The van der Waals surface area contributed by atoms with Gasteiger partial charge in [-0.25, -0.2) is 4.98 Å². The summed E-state index contributed by atoms with van der Waals surface area (Å²) in [5.74, 6) is 0. The molecule has 0 aliphatic heterocycles. The third kappa shape index (κ3) is 12.2. The van der Waals surface area contributed by atoms with Crippen LogP contribution < -0.4 is 0 Å². The fraction of sp³-hybridized carbons (Fsp3) is 0. The molecule has 0 saturated heterocycles. The maximum atomic E-state index is 8.74. The molecule has 0 aliphatic rings. The van der Waals surface area contributed by atoms with Crippen molar-refractivity contribution in [3.05, 3.63) is 18.7 Å². The molecule has 0 saturated carbocycles. The lowest BCUT2D eigenvalue weighted by atomic mass is 11.0. The zero-order valence-corrected chi connectivity index (χ0v) is 6.01. The molecule has 0 radical (unpaired) electrons. The highest BCUT2D eigenvalue weighted by atomic mass is 32.3. The van der Waals surface area contributed by atoms with Crippen LogP contribution in [0.2, 0.25) is 0 Å². The molecule has 8 heteroatoms. The monoisotopic (exact) mass is 182 g/mol. The van der Waals surface area contributed by atoms with Crippen LogP contribution in [-0.4, -0.2) is 32.4 Å². The van der Waals surface area contributed by atoms with Gasteiger partial charge in [-0.05, 0) is 0 Å². The van der Waals surface area contributed by atoms with E-state index in [0.29, 0.717) is 0 Å². The molecule has 0 fully saturated rings. The molecule has 0 bridgehead atoms. The fourth-order valence-corrected chi connectivity index (χ4v) is 0.252. The molecule has 3 N–H and O–H groups in total. The van der Waals surface area contributed by atoms with E-state index in [0.717, 1.165) is 4.73 Å². The molecule has 0 spiro atoms. The summed E-state index contributed by atoms with van der Waals surface area (Å²) >= 11 is 0. The summed E-state index contributed by atoms with van der Waals surface area (Å²) in [4.78, 5) is 3.53. The van der Waals surface area contributed by atoms with Crippen LogP contribution in [0.5, 0.6) is 0 Å². The van der Waals surface area contributed by atoms with E-state index in [-0.39, 0.29) is 0 Å². The van der Waals surface area contributed by atoms with E-state index in [4.69, 9.17) is 22.7 Å². The van der Waals surface area contributed by atoms with E-state index in [9.17, 15) is 0 Å². The number of hydrogen-bond donors (Lipinski definition) is 3. The summed E-state index contributed by atoms with van der Waals surface area (Å²) in [6.45, 7) is 0. The van der Waals surface area contributed by atoms with Crippen molar-refractivity contribution in [1.29, 1.82) is 0 Å². The minimum atomic E-state index is -4.67. The van der Waals surface area contributed by atoms with Gasteiger partial charge in [0.15, 0.2) is 0 Å². The Balaban J connectivity index is 0.000000187. The van der Waals surface area contributed by atoms with Gasteiger partial charge in [0.2, 0.25) is 0 Å². The van der Waals surface area contributed by atoms with E-state index in [1.54, 1.807) is 0 Å². The second kappa shape index (κ2) is 3.91. The Hall–Kier alpha value is -1.12. The Morgan fingerprint density at radius 2 is 1.82 bits per heavy atom. The lowest BCUT2D eigenvalue weighted by Gasteiger charge is -1.77. The summed E-state index contributed by atoms with van der Waals surface area (Å²) in [6.07, 6.45) is 4.25.